The van der Waals surface area contributed by atoms with E-state index in [9.17, 15) is 4.79 Å². The lowest BCUT2D eigenvalue weighted by Gasteiger charge is -2.14. The molecule has 0 aromatic heterocycles. The molecule has 0 saturated carbocycles. The maximum atomic E-state index is 12.5. The van der Waals surface area contributed by atoms with Crippen molar-refractivity contribution in [2.75, 3.05) is 20.3 Å². The molecule has 0 bridgehead atoms. The maximum Gasteiger partial charge on any atom is 0.251 e. The fraction of sp³-hybridized carbons (Fsp3) is 0.381. The number of unbranched alkanes of at least 4 members (excludes halogenated alkanes) is 1. The average molecular weight is 357 g/mol. The normalized spacial score (nSPS) is 10.3. The lowest BCUT2D eigenvalue weighted by molar-refractivity contribution is 0.0950. The molecule has 0 unspecified atom stereocenters. The number of rotatable bonds is 10. The molecule has 0 spiro atoms. The van der Waals surface area contributed by atoms with Crippen molar-refractivity contribution in [2.45, 2.75) is 33.2 Å². The molecule has 0 aliphatic carbocycles. The quantitative estimate of drug-likeness (QED) is 0.648. The van der Waals surface area contributed by atoms with Crippen molar-refractivity contribution in [3.05, 3.63) is 53.6 Å². The third kappa shape index (κ3) is 5.41. The zero-order valence-electron chi connectivity index (χ0n) is 15.7. The van der Waals surface area contributed by atoms with Crippen LogP contribution in [0.1, 0.15) is 42.6 Å². The molecule has 5 heteroatoms. The molecule has 2 aromatic carbocycles. The first kappa shape index (κ1) is 19.6. The SMILES string of the molecule is CCCCOc1ccc(C(=O)NCc2ccccc2OC)cc1OCC. The summed E-state index contributed by atoms with van der Waals surface area (Å²) in [7, 11) is 1.62. The van der Waals surface area contributed by atoms with Gasteiger partial charge in [0, 0.05) is 17.7 Å². The Morgan fingerprint density at radius 1 is 1.00 bits per heavy atom. The molecular weight excluding hydrogens is 330 g/mol. The molecular formula is C21H27NO4. The second kappa shape index (κ2) is 10.3. The molecule has 0 radical (unpaired) electrons. The van der Waals surface area contributed by atoms with Gasteiger partial charge in [0.25, 0.3) is 5.91 Å². The fourth-order valence-corrected chi connectivity index (χ4v) is 2.49. The van der Waals surface area contributed by atoms with Crippen LogP contribution >= 0.6 is 0 Å². The van der Waals surface area contributed by atoms with E-state index in [1.807, 2.05) is 31.2 Å². The number of carbonyl (C=O) groups is 1. The Morgan fingerprint density at radius 3 is 2.54 bits per heavy atom. The minimum absolute atomic E-state index is 0.169. The highest BCUT2D eigenvalue weighted by Crippen LogP contribution is 2.29. The number of methoxy groups -OCH3 is 1. The standard InChI is InChI=1S/C21H27NO4/c1-4-6-13-26-19-12-11-16(14-20(19)25-5-2)21(23)22-15-17-9-7-8-10-18(17)24-3/h7-12,14H,4-6,13,15H2,1-3H3,(H,22,23). The topological polar surface area (TPSA) is 56.8 Å². The molecule has 5 nitrogen and oxygen atoms in total. The van der Waals surface area contributed by atoms with Crippen molar-refractivity contribution in [3.63, 3.8) is 0 Å². The molecule has 2 aromatic rings. The van der Waals surface area contributed by atoms with Gasteiger partial charge < -0.3 is 19.5 Å². The van der Waals surface area contributed by atoms with Gasteiger partial charge in [-0.25, -0.2) is 0 Å². The van der Waals surface area contributed by atoms with Crippen LogP contribution in [0.4, 0.5) is 0 Å². The van der Waals surface area contributed by atoms with Crippen LogP contribution in [0.3, 0.4) is 0 Å². The van der Waals surface area contributed by atoms with Crippen molar-refractivity contribution in [1.29, 1.82) is 0 Å². The third-order valence-electron chi connectivity index (χ3n) is 3.89. The van der Waals surface area contributed by atoms with Crippen LogP contribution in [-0.2, 0) is 6.54 Å². The van der Waals surface area contributed by atoms with Gasteiger partial charge in [-0.2, -0.15) is 0 Å². The number of hydrogen-bond donors (Lipinski definition) is 1. The van der Waals surface area contributed by atoms with Crippen LogP contribution in [0.15, 0.2) is 42.5 Å². The number of benzene rings is 2. The highest BCUT2D eigenvalue weighted by atomic mass is 16.5. The number of amides is 1. The van der Waals surface area contributed by atoms with E-state index >= 15 is 0 Å². The predicted octanol–water partition coefficient (Wildman–Crippen LogP) is 4.20. The average Bonchev–Trinajstić information content (AvgIpc) is 2.67. The van der Waals surface area contributed by atoms with Crippen molar-refractivity contribution in [1.82, 2.24) is 5.32 Å². The Hall–Kier alpha value is -2.69. The first-order valence-corrected chi connectivity index (χ1v) is 8.99. The fourth-order valence-electron chi connectivity index (χ4n) is 2.49. The van der Waals surface area contributed by atoms with Gasteiger partial charge in [-0.3, -0.25) is 4.79 Å². The Morgan fingerprint density at radius 2 is 1.81 bits per heavy atom. The summed E-state index contributed by atoms with van der Waals surface area (Å²) in [6.45, 7) is 5.56. The van der Waals surface area contributed by atoms with Gasteiger partial charge in [-0.1, -0.05) is 31.5 Å². The molecule has 0 aliphatic heterocycles. The molecule has 0 saturated heterocycles. The summed E-state index contributed by atoms with van der Waals surface area (Å²) in [5.41, 5.74) is 1.46. The molecule has 0 aliphatic rings. The Kier molecular flexibility index (Phi) is 7.80. The van der Waals surface area contributed by atoms with E-state index < -0.39 is 0 Å². The van der Waals surface area contributed by atoms with Crippen molar-refractivity contribution in [3.8, 4) is 17.2 Å². The summed E-state index contributed by atoms with van der Waals surface area (Å²) in [5.74, 6) is 1.84. The van der Waals surface area contributed by atoms with E-state index in [0.717, 1.165) is 24.2 Å². The van der Waals surface area contributed by atoms with Crippen molar-refractivity contribution < 1.29 is 19.0 Å². The van der Waals surface area contributed by atoms with E-state index in [2.05, 4.69) is 12.2 Å². The molecule has 26 heavy (non-hydrogen) atoms. The highest BCUT2D eigenvalue weighted by Gasteiger charge is 2.12. The monoisotopic (exact) mass is 357 g/mol. The van der Waals surface area contributed by atoms with Gasteiger partial charge in [0.15, 0.2) is 11.5 Å². The summed E-state index contributed by atoms with van der Waals surface area (Å²) < 4.78 is 16.7. The van der Waals surface area contributed by atoms with Crippen LogP contribution in [-0.4, -0.2) is 26.2 Å². The van der Waals surface area contributed by atoms with Crippen molar-refractivity contribution >= 4 is 5.91 Å². The number of ether oxygens (including phenoxy) is 3. The van der Waals surface area contributed by atoms with Crippen LogP contribution in [0.2, 0.25) is 0 Å². The van der Waals surface area contributed by atoms with Gasteiger partial charge in [-0.05, 0) is 37.6 Å². The molecule has 1 amide bonds. The van der Waals surface area contributed by atoms with E-state index in [0.29, 0.717) is 36.8 Å². The second-order valence-corrected chi connectivity index (χ2v) is 5.79. The molecule has 0 atom stereocenters. The summed E-state index contributed by atoms with van der Waals surface area (Å²) in [6.07, 6.45) is 2.04. The lowest BCUT2D eigenvalue weighted by atomic mass is 10.1. The first-order chi connectivity index (χ1) is 12.7. The molecule has 0 heterocycles. The third-order valence-corrected chi connectivity index (χ3v) is 3.89. The smallest absolute Gasteiger partial charge is 0.251 e. The summed E-state index contributed by atoms with van der Waals surface area (Å²) in [4.78, 5) is 12.5. The summed E-state index contributed by atoms with van der Waals surface area (Å²) >= 11 is 0. The van der Waals surface area contributed by atoms with Gasteiger partial charge in [0.1, 0.15) is 5.75 Å². The molecule has 1 N–H and O–H groups in total. The Balaban J connectivity index is 2.06. The predicted molar refractivity (Wildman–Crippen MR) is 102 cm³/mol. The van der Waals surface area contributed by atoms with Crippen LogP contribution < -0.4 is 19.5 Å². The van der Waals surface area contributed by atoms with Crippen LogP contribution in [0.5, 0.6) is 17.2 Å². The minimum atomic E-state index is -0.169. The molecule has 140 valence electrons. The largest absolute Gasteiger partial charge is 0.496 e. The summed E-state index contributed by atoms with van der Waals surface area (Å²) in [5, 5.41) is 2.92. The highest BCUT2D eigenvalue weighted by molar-refractivity contribution is 5.94. The number of carbonyl (C=O) groups excluding carboxylic acids is 1. The zero-order valence-corrected chi connectivity index (χ0v) is 15.7. The van der Waals surface area contributed by atoms with Gasteiger partial charge in [0.05, 0.1) is 20.3 Å². The zero-order chi connectivity index (χ0) is 18.8. The Bertz CT molecular complexity index is 715. The minimum Gasteiger partial charge on any atom is -0.496 e. The number of hydrogen-bond acceptors (Lipinski definition) is 4. The van der Waals surface area contributed by atoms with Gasteiger partial charge >= 0.3 is 0 Å². The van der Waals surface area contributed by atoms with Crippen LogP contribution in [0, 0.1) is 0 Å². The van der Waals surface area contributed by atoms with Gasteiger partial charge in [-0.15, -0.1) is 0 Å². The van der Waals surface area contributed by atoms with E-state index in [4.69, 9.17) is 14.2 Å². The maximum absolute atomic E-state index is 12.5. The molecule has 0 fully saturated rings. The molecule has 2 rings (SSSR count). The summed E-state index contributed by atoms with van der Waals surface area (Å²) in [6, 6.07) is 12.9. The first-order valence-electron chi connectivity index (χ1n) is 8.99. The number of para-hydroxylation sites is 1. The van der Waals surface area contributed by atoms with E-state index in [-0.39, 0.29) is 5.91 Å². The van der Waals surface area contributed by atoms with E-state index in [1.165, 1.54) is 0 Å². The Labute approximate surface area is 155 Å². The van der Waals surface area contributed by atoms with Crippen LogP contribution in [0.25, 0.3) is 0 Å². The second-order valence-electron chi connectivity index (χ2n) is 5.79. The van der Waals surface area contributed by atoms with Crippen molar-refractivity contribution in [2.24, 2.45) is 0 Å². The lowest BCUT2D eigenvalue weighted by Crippen LogP contribution is -2.23. The number of nitrogens with one attached hydrogen (secondary N) is 1. The van der Waals surface area contributed by atoms with E-state index in [1.54, 1.807) is 25.3 Å². The van der Waals surface area contributed by atoms with Gasteiger partial charge in [0.2, 0.25) is 0 Å².